The van der Waals surface area contributed by atoms with E-state index in [1.165, 1.54) is 0 Å². The van der Waals surface area contributed by atoms with Gasteiger partial charge in [-0.3, -0.25) is 9.89 Å². The fourth-order valence-corrected chi connectivity index (χ4v) is 3.28. The summed E-state index contributed by atoms with van der Waals surface area (Å²) in [6.07, 6.45) is 3.52. The molecule has 3 amide bonds. The summed E-state index contributed by atoms with van der Waals surface area (Å²) in [7, 11) is 0. The first-order valence-corrected chi connectivity index (χ1v) is 7.49. The molecule has 0 aliphatic carbocycles. The fourth-order valence-electron chi connectivity index (χ4n) is 3.28. The van der Waals surface area contributed by atoms with Crippen LogP contribution in [0.15, 0.2) is 24.4 Å². The number of H-pyrrole nitrogens is 1. The first-order valence-electron chi connectivity index (χ1n) is 7.49. The molecule has 3 aliphatic heterocycles. The number of fused-ring (bicyclic) bond motifs is 5. The van der Waals surface area contributed by atoms with Gasteiger partial charge >= 0.3 is 6.03 Å². The summed E-state index contributed by atoms with van der Waals surface area (Å²) in [5, 5.41) is 13.7. The lowest BCUT2D eigenvalue weighted by Crippen LogP contribution is -2.44. The van der Waals surface area contributed by atoms with Gasteiger partial charge in [0.2, 0.25) is 5.91 Å². The molecule has 5 rings (SSSR count). The molecule has 2 atom stereocenters. The number of anilines is 1. The van der Waals surface area contributed by atoms with Gasteiger partial charge < -0.3 is 15.5 Å². The fraction of sp³-hybridized carbons (Fsp3) is 0.400. The molecule has 0 radical (unpaired) electrons. The van der Waals surface area contributed by atoms with Crippen LogP contribution in [0.3, 0.4) is 0 Å². The van der Waals surface area contributed by atoms with Crippen molar-refractivity contribution in [1.29, 1.82) is 0 Å². The van der Waals surface area contributed by atoms with Crippen LogP contribution < -0.4 is 10.6 Å². The van der Waals surface area contributed by atoms with Gasteiger partial charge in [0.15, 0.2) is 0 Å². The summed E-state index contributed by atoms with van der Waals surface area (Å²) in [5.41, 5.74) is 1.51. The standard InChI is InChI=1S/C15H17N5O2/c21-14-10-4-5-11(17-14)8-20(7-10)15(22)18-12-3-1-2-9-6-16-19-13(9)12/h1-3,6,10-11H,4-5,7-8H2,(H,16,19)(H,17,21)(H,18,22)/t10-,11+/m1/s1. The maximum atomic E-state index is 12.6. The van der Waals surface area contributed by atoms with Gasteiger partial charge in [-0.2, -0.15) is 5.10 Å². The van der Waals surface area contributed by atoms with E-state index in [0.717, 1.165) is 23.7 Å². The summed E-state index contributed by atoms with van der Waals surface area (Å²) in [4.78, 5) is 26.1. The van der Waals surface area contributed by atoms with Gasteiger partial charge in [-0.05, 0) is 18.9 Å². The summed E-state index contributed by atoms with van der Waals surface area (Å²) >= 11 is 0. The predicted molar refractivity (Wildman–Crippen MR) is 81.3 cm³/mol. The third kappa shape index (κ3) is 2.18. The normalized spacial score (nSPS) is 24.2. The quantitative estimate of drug-likeness (QED) is 0.741. The predicted octanol–water partition coefficient (Wildman–Crippen LogP) is 1.31. The van der Waals surface area contributed by atoms with Gasteiger partial charge in [0, 0.05) is 24.5 Å². The third-order valence-electron chi connectivity index (χ3n) is 4.47. The molecule has 0 unspecified atom stereocenters. The van der Waals surface area contributed by atoms with Crippen molar-refractivity contribution in [3.63, 3.8) is 0 Å². The maximum Gasteiger partial charge on any atom is 0.321 e. The van der Waals surface area contributed by atoms with Crippen molar-refractivity contribution in [2.45, 2.75) is 18.9 Å². The summed E-state index contributed by atoms with van der Waals surface area (Å²) in [6, 6.07) is 5.55. The minimum atomic E-state index is -0.171. The number of nitrogens with one attached hydrogen (secondary N) is 3. The van der Waals surface area contributed by atoms with E-state index < -0.39 is 0 Å². The monoisotopic (exact) mass is 299 g/mol. The van der Waals surface area contributed by atoms with E-state index in [9.17, 15) is 9.59 Å². The molecule has 4 heterocycles. The Balaban J connectivity index is 1.55. The molecule has 3 aliphatic rings. The van der Waals surface area contributed by atoms with Gasteiger partial charge in [0.1, 0.15) is 0 Å². The van der Waals surface area contributed by atoms with E-state index in [4.69, 9.17) is 0 Å². The topological polar surface area (TPSA) is 90.1 Å². The number of hydrogen-bond donors (Lipinski definition) is 3. The van der Waals surface area contributed by atoms with E-state index >= 15 is 0 Å². The molecule has 1 aromatic carbocycles. The number of piperidine rings is 1. The summed E-state index contributed by atoms with van der Waals surface area (Å²) in [5.74, 6) is -0.0188. The molecule has 7 heteroatoms. The average molecular weight is 299 g/mol. The van der Waals surface area contributed by atoms with Crippen LogP contribution in [0.2, 0.25) is 0 Å². The first-order chi connectivity index (χ1) is 10.7. The zero-order chi connectivity index (χ0) is 15.1. The van der Waals surface area contributed by atoms with Crippen molar-refractivity contribution in [2.75, 3.05) is 18.4 Å². The van der Waals surface area contributed by atoms with Crippen molar-refractivity contribution in [2.24, 2.45) is 5.92 Å². The van der Waals surface area contributed by atoms with E-state index in [0.29, 0.717) is 18.8 Å². The highest BCUT2D eigenvalue weighted by atomic mass is 16.2. The van der Waals surface area contributed by atoms with Gasteiger partial charge in [-0.1, -0.05) is 12.1 Å². The van der Waals surface area contributed by atoms with E-state index in [1.807, 2.05) is 18.2 Å². The van der Waals surface area contributed by atoms with Crippen LogP contribution in [0.1, 0.15) is 12.8 Å². The number of aromatic amines is 1. The Morgan fingerprint density at radius 1 is 1.32 bits per heavy atom. The van der Waals surface area contributed by atoms with Crippen LogP contribution in [0, 0.1) is 5.92 Å². The number of rotatable bonds is 1. The molecule has 22 heavy (non-hydrogen) atoms. The van der Waals surface area contributed by atoms with E-state index in [1.54, 1.807) is 11.1 Å². The molecule has 3 saturated heterocycles. The van der Waals surface area contributed by atoms with Crippen LogP contribution in [-0.4, -0.2) is 46.2 Å². The number of hydrogen-bond acceptors (Lipinski definition) is 3. The van der Waals surface area contributed by atoms with Crippen molar-refractivity contribution in [1.82, 2.24) is 20.4 Å². The van der Waals surface area contributed by atoms with Crippen molar-refractivity contribution in [3.05, 3.63) is 24.4 Å². The Labute approximate surface area is 127 Å². The van der Waals surface area contributed by atoms with Gasteiger partial charge in [-0.25, -0.2) is 4.79 Å². The highest BCUT2D eigenvalue weighted by Crippen LogP contribution is 2.24. The zero-order valence-electron chi connectivity index (χ0n) is 12.0. The number of nitrogens with zero attached hydrogens (tertiary/aromatic N) is 2. The second-order valence-corrected chi connectivity index (χ2v) is 5.95. The molecule has 3 fully saturated rings. The number of carbonyl (C=O) groups is 2. The minimum Gasteiger partial charge on any atom is -0.351 e. The molecule has 2 aromatic rings. The van der Waals surface area contributed by atoms with Crippen molar-refractivity contribution >= 4 is 28.5 Å². The molecule has 7 nitrogen and oxygen atoms in total. The molecule has 1 aromatic heterocycles. The number of aromatic nitrogens is 2. The number of amides is 3. The molecule has 0 saturated carbocycles. The van der Waals surface area contributed by atoms with Gasteiger partial charge in [0.05, 0.1) is 23.3 Å². The maximum absolute atomic E-state index is 12.6. The molecule has 0 spiro atoms. The van der Waals surface area contributed by atoms with E-state index in [-0.39, 0.29) is 23.9 Å². The summed E-state index contributed by atoms with van der Waals surface area (Å²) < 4.78 is 0. The number of carbonyl (C=O) groups excluding carboxylic acids is 2. The third-order valence-corrected chi connectivity index (χ3v) is 4.47. The Morgan fingerprint density at radius 2 is 2.23 bits per heavy atom. The molecule has 114 valence electrons. The number of urea groups is 1. The molecule has 3 N–H and O–H groups in total. The van der Waals surface area contributed by atoms with Crippen molar-refractivity contribution in [3.8, 4) is 0 Å². The lowest BCUT2D eigenvalue weighted by Gasteiger charge is -2.23. The lowest BCUT2D eigenvalue weighted by atomic mass is 9.96. The molecule has 2 bridgehead atoms. The van der Waals surface area contributed by atoms with Gasteiger partial charge in [-0.15, -0.1) is 0 Å². The Kier molecular flexibility index (Phi) is 2.99. The first kappa shape index (κ1) is 13.1. The highest BCUT2D eigenvalue weighted by Gasteiger charge is 2.36. The van der Waals surface area contributed by atoms with Gasteiger partial charge in [0.25, 0.3) is 0 Å². The minimum absolute atomic E-state index is 0.0694. The average Bonchev–Trinajstić information content (AvgIpc) is 2.82. The number of benzene rings is 1. The second-order valence-electron chi connectivity index (χ2n) is 5.95. The highest BCUT2D eigenvalue weighted by molar-refractivity contribution is 5.99. The van der Waals surface area contributed by atoms with Crippen LogP contribution in [0.4, 0.5) is 10.5 Å². The molecular formula is C15H17N5O2. The Morgan fingerprint density at radius 3 is 3.09 bits per heavy atom. The van der Waals surface area contributed by atoms with E-state index in [2.05, 4.69) is 20.8 Å². The SMILES string of the molecule is O=C1N[C@H]2CC[C@@H]1CN(C(=O)Nc1cccc3cn[nH]c13)C2. The van der Waals surface area contributed by atoms with Crippen LogP contribution in [0.5, 0.6) is 0 Å². The van der Waals surface area contributed by atoms with Crippen LogP contribution in [0.25, 0.3) is 10.9 Å². The smallest absolute Gasteiger partial charge is 0.321 e. The molecular weight excluding hydrogens is 282 g/mol. The zero-order valence-corrected chi connectivity index (χ0v) is 12.0. The number of para-hydroxylation sites is 1. The van der Waals surface area contributed by atoms with Crippen LogP contribution in [-0.2, 0) is 4.79 Å². The van der Waals surface area contributed by atoms with Crippen molar-refractivity contribution < 1.29 is 9.59 Å². The largest absolute Gasteiger partial charge is 0.351 e. The lowest BCUT2D eigenvalue weighted by molar-refractivity contribution is -0.126. The summed E-state index contributed by atoms with van der Waals surface area (Å²) in [6.45, 7) is 1.04. The second kappa shape index (κ2) is 5.01. The Hall–Kier alpha value is -2.57. The van der Waals surface area contributed by atoms with Crippen LogP contribution >= 0.6 is 0 Å². The Bertz CT molecular complexity index is 740.